The van der Waals surface area contributed by atoms with E-state index < -0.39 is 10.8 Å². The lowest BCUT2D eigenvalue weighted by Gasteiger charge is -2.06. The van der Waals surface area contributed by atoms with E-state index in [0.717, 1.165) is 4.47 Å². The van der Waals surface area contributed by atoms with Gasteiger partial charge in [-0.25, -0.2) is 0 Å². The fourth-order valence-electron chi connectivity index (χ4n) is 1.07. The highest BCUT2D eigenvalue weighted by Crippen LogP contribution is 2.20. The fraction of sp³-hybridized carbons (Fsp3) is 0.300. The molecule has 16 heavy (non-hydrogen) atoms. The van der Waals surface area contributed by atoms with E-state index in [-0.39, 0.29) is 24.0 Å². The van der Waals surface area contributed by atoms with Crippen LogP contribution in [0.4, 0.5) is 5.69 Å². The molecule has 0 fully saturated rings. The fourth-order valence-corrected chi connectivity index (χ4v) is 2.17. The topological polar surface area (TPSA) is 66.4 Å². The predicted molar refractivity (Wildman–Crippen MR) is 67.7 cm³/mol. The van der Waals surface area contributed by atoms with Crippen LogP contribution in [0.3, 0.4) is 0 Å². The van der Waals surface area contributed by atoms with Gasteiger partial charge in [0.25, 0.3) is 0 Å². The summed E-state index contributed by atoms with van der Waals surface area (Å²) in [5.74, 6) is -0.288. The Labute approximate surface area is 105 Å². The maximum Gasteiger partial charge on any atom is 0.237 e. The number of benzene rings is 1. The summed E-state index contributed by atoms with van der Waals surface area (Å²) in [6, 6.07) is 7.19. The zero-order valence-electron chi connectivity index (χ0n) is 8.48. The Morgan fingerprint density at radius 1 is 1.44 bits per heavy atom. The smallest absolute Gasteiger partial charge is 0.237 e. The molecule has 0 spiro atoms. The van der Waals surface area contributed by atoms with Crippen molar-refractivity contribution in [1.82, 2.24) is 0 Å². The van der Waals surface area contributed by atoms with E-state index in [4.69, 9.17) is 5.11 Å². The summed E-state index contributed by atoms with van der Waals surface area (Å²) in [5, 5.41) is 11.2. The molecule has 88 valence electrons. The minimum atomic E-state index is -1.31. The van der Waals surface area contributed by atoms with Gasteiger partial charge in [-0.3, -0.25) is 9.00 Å². The molecule has 1 rings (SSSR count). The van der Waals surface area contributed by atoms with Gasteiger partial charge in [0.2, 0.25) is 5.91 Å². The maximum absolute atomic E-state index is 11.4. The van der Waals surface area contributed by atoms with Gasteiger partial charge in [-0.1, -0.05) is 12.1 Å². The van der Waals surface area contributed by atoms with E-state index in [1.54, 1.807) is 18.2 Å². The van der Waals surface area contributed by atoms with Gasteiger partial charge in [0, 0.05) is 21.0 Å². The van der Waals surface area contributed by atoms with Gasteiger partial charge in [0.15, 0.2) is 0 Å². The summed E-state index contributed by atoms with van der Waals surface area (Å²) in [6.07, 6.45) is 0. The lowest BCUT2D eigenvalue weighted by Crippen LogP contribution is -2.21. The molecule has 0 heterocycles. The first-order valence-electron chi connectivity index (χ1n) is 4.63. The van der Waals surface area contributed by atoms with Crippen LogP contribution in [-0.2, 0) is 15.6 Å². The third-order valence-corrected chi connectivity index (χ3v) is 3.67. The molecule has 0 saturated carbocycles. The number of rotatable bonds is 5. The number of amides is 1. The number of carbonyl (C=O) groups excluding carboxylic acids is 1. The van der Waals surface area contributed by atoms with Crippen LogP contribution in [-0.4, -0.2) is 33.3 Å². The molecule has 1 unspecified atom stereocenters. The highest BCUT2D eigenvalue weighted by molar-refractivity contribution is 9.10. The van der Waals surface area contributed by atoms with Crippen molar-refractivity contribution >= 4 is 38.3 Å². The number of halogens is 1. The number of anilines is 1. The van der Waals surface area contributed by atoms with E-state index in [1.165, 1.54) is 0 Å². The quantitative estimate of drug-likeness (QED) is 0.857. The first kappa shape index (κ1) is 13.3. The Morgan fingerprint density at radius 2 is 2.12 bits per heavy atom. The monoisotopic (exact) mass is 305 g/mol. The minimum absolute atomic E-state index is 0.0953. The second-order valence-electron chi connectivity index (χ2n) is 3.04. The molecular weight excluding hydrogens is 294 g/mol. The van der Waals surface area contributed by atoms with E-state index in [9.17, 15) is 9.00 Å². The van der Waals surface area contributed by atoms with Crippen LogP contribution in [0.5, 0.6) is 0 Å². The van der Waals surface area contributed by atoms with Gasteiger partial charge in [0.1, 0.15) is 5.75 Å². The van der Waals surface area contributed by atoms with Crippen molar-refractivity contribution in [3.63, 3.8) is 0 Å². The van der Waals surface area contributed by atoms with E-state index in [2.05, 4.69) is 21.2 Å². The SMILES string of the molecule is O=C(CS(=O)CCO)Nc1ccccc1Br. The number of para-hydroxylation sites is 1. The van der Waals surface area contributed by atoms with Crippen LogP contribution in [0, 0.1) is 0 Å². The molecule has 2 N–H and O–H groups in total. The Morgan fingerprint density at radius 3 is 2.75 bits per heavy atom. The molecule has 6 heteroatoms. The lowest BCUT2D eigenvalue weighted by molar-refractivity contribution is -0.113. The average Bonchev–Trinajstić information content (AvgIpc) is 2.21. The summed E-state index contributed by atoms with van der Waals surface area (Å²) in [5.41, 5.74) is 0.647. The van der Waals surface area contributed by atoms with Crippen molar-refractivity contribution in [2.45, 2.75) is 0 Å². The third kappa shape index (κ3) is 4.42. The van der Waals surface area contributed by atoms with Crippen molar-refractivity contribution in [2.75, 3.05) is 23.4 Å². The zero-order valence-corrected chi connectivity index (χ0v) is 10.9. The van der Waals surface area contributed by atoms with Crippen LogP contribution in [0.2, 0.25) is 0 Å². The normalized spacial score (nSPS) is 12.1. The Bertz CT molecular complexity index is 397. The molecule has 0 aliphatic heterocycles. The zero-order chi connectivity index (χ0) is 12.0. The predicted octanol–water partition coefficient (Wildman–Crippen LogP) is 1.13. The van der Waals surface area contributed by atoms with Crippen LogP contribution < -0.4 is 5.32 Å². The molecule has 0 saturated heterocycles. The van der Waals surface area contributed by atoms with Crippen molar-refractivity contribution in [3.8, 4) is 0 Å². The van der Waals surface area contributed by atoms with Gasteiger partial charge >= 0.3 is 0 Å². The minimum Gasteiger partial charge on any atom is -0.395 e. The molecule has 1 aromatic carbocycles. The standard InChI is InChI=1S/C10H12BrNO3S/c11-8-3-1-2-4-9(8)12-10(14)7-16(15)6-5-13/h1-4,13H,5-7H2,(H,12,14). The molecule has 0 aromatic heterocycles. The van der Waals surface area contributed by atoms with Gasteiger partial charge in [-0.05, 0) is 28.1 Å². The van der Waals surface area contributed by atoms with Crippen molar-refractivity contribution in [1.29, 1.82) is 0 Å². The summed E-state index contributed by atoms with van der Waals surface area (Å²) in [6.45, 7) is -0.172. The molecule has 0 aliphatic carbocycles. The molecule has 0 radical (unpaired) electrons. The van der Waals surface area contributed by atoms with Crippen LogP contribution in [0.15, 0.2) is 28.7 Å². The van der Waals surface area contributed by atoms with Crippen molar-refractivity contribution in [3.05, 3.63) is 28.7 Å². The highest BCUT2D eigenvalue weighted by atomic mass is 79.9. The maximum atomic E-state index is 11.4. The Balaban J connectivity index is 2.52. The van der Waals surface area contributed by atoms with Gasteiger partial charge in [-0.2, -0.15) is 0 Å². The second kappa shape index (κ2) is 6.78. The molecule has 1 atom stereocenters. The number of hydrogen-bond acceptors (Lipinski definition) is 3. The Kier molecular flexibility index (Phi) is 5.65. The summed E-state index contributed by atoms with van der Waals surface area (Å²) in [4.78, 5) is 11.4. The highest BCUT2D eigenvalue weighted by Gasteiger charge is 2.08. The first-order chi connectivity index (χ1) is 7.63. The summed E-state index contributed by atoms with van der Waals surface area (Å²) >= 11 is 3.29. The molecule has 0 aliphatic rings. The molecule has 1 amide bonds. The number of nitrogens with one attached hydrogen (secondary N) is 1. The number of aliphatic hydroxyl groups excluding tert-OH is 1. The van der Waals surface area contributed by atoms with Gasteiger partial charge < -0.3 is 10.4 Å². The van der Waals surface area contributed by atoms with Crippen LogP contribution in [0.1, 0.15) is 0 Å². The van der Waals surface area contributed by atoms with Gasteiger partial charge in [-0.15, -0.1) is 0 Å². The van der Waals surface area contributed by atoms with Crippen molar-refractivity contribution in [2.24, 2.45) is 0 Å². The summed E-state index contributed by atoms with van der Waals surface area (Å²) < 4.78 is 12.0. The number of carbonyl (C=O) groups is 1. The summed E-state index contributed by atoms with van der Waals surface area (Å²) in [7, 11) is -1.31. The molecular formula is C10H12BrNO3S. The van der Waals surface area contributed by atoms with E-state index in [1.807, 2.05) is 6.07 Å². The average molecular weight is 306 g/mol. The van der Waals surface area contributed by atoms with E-state index >= 15 is 0 Å². The lowest BCUT2D eigenvalue weighted by atomic mass is 10.3. The van der Waals surface area contributed by atoms with Crippen molar-refractivity contribution < 1.29 is 14.1 Å². The number of hydrogen-bond donors (Lipinski definition) is 2. The second-order valence-corrected chi connectivity index (χ2v) is 5.47. The largest absolute Gasteiger partial charge is 0.395 e. The van der Waals surface area contributed by atoms with E-state index in [0.29, 0.717) is 5.69 Å². The van der Waals surface area contributed by atoms with Crippen LogP contribution in [0.25, 0.3) is 0 Å². The molecule has 0 bridgehead atoms. The molecule has 1 aromatic rings. The first-order valence-corrected chi connectivity index (χ1v) is 6.92. The molecule has 4 nitrogen and oxygen atoms in total. The van der Waals surface area contributed by atoms with Gasteiger partial charge in [0.05, 0.1) is 12.3 Å². The number of aliphatic hydroxyl groups is 1. The Hall–Kier alpha value is -0.720. The third-order valence-electron chi connectivity index (χ3n) is 1.76. The van der Waals surface area contributed by atoms with Crippen LogP contribution >= 0.6 is 15.9 Å².